The summed E-state index contributed by atoms with van der Waals surface area (Å²) in [5, 5.41) is 0.443. The first kappa shape index (κ1) is 13.6. The summed E-state index contributed by atoms with van der Waals surface area (Å²) in [4.78, 5) is 0. The van der Waals surface area contributed by atoms with Gasteiger partial charge in [-0.05, 0) is 59.9 Å². The highest BCUT2D eigenvalue weighted by Gasteiger charge is 2.35. The number of hydrogen-bond acceptors (Lipinski definition) is 0. The van der Waals surface area contributed by atoms with Crippen molar-refractivity contribution in [2.24, 2.45) is 5.41 Å². The Morgan fingerprint density at radius 2 is 1.74 bits per heavy atom. The Kier molecular flexibility index (Phi) is 2.89. The minimum absolute atomic E-state index is 0.426. The average molecular weight is 295 g/mol. The normalized spacial score (nSPS) is 24.9. The van der Waals surface area contributed by atoms with Crippen LogP contribution in [-0.2, 0) is 12.8 Å². The summed E-state index contributed by atoms with van der Waals surface area (Å²) in [6, 6.07) is 4.87. The molecular formula is C17H23ClS. The lowest BCUT2D eigenvalue weighted by Crippen LogP contribution is -2.09. The van der Waals surface area contributed by atoms with Gasteiger partial charge in [-0.25, -0.2) is 0 Å². The lowest BCUT2D eigenvalue weighted by molar-refractivity contribution is 0.392. The summed E-state index contributed by atoms with van der Waals surface area (Å²) in [5.41, 5.74) is 7.86. The first-order valence-corrected chi connectivity index (χ1v) is 10.3. The molecule has 0 radical (unpaired) electrons. The number of hydrogen-bond donors (Lipinski definition) is 0. The molecule has 0 fully saturated rings. The van der Waals surface area contributed by atoms with E-state index in [0.717, 1.165) is 0 Å². The zero-order chi connectivity index (χ0) is 14.0. The van der Waals surface area contributed by atoms with Gasteiger partial charge >= 0.3 is 0 Å². The van der Waals surface area contributed by atoms with Gasteiger partial charge in [0.25, 0.3) is 0 Å². The zero-order valence-electron chi connectivity index (χ0n) is 12.5. The molecule has 1 unspecified atom stereocenters. The molecule has 2 aliphatic rings. The molecule has 0 nitrogen and oxygen atoms in total. The topological polar surface area (TPSA) is 0 Å². The first-order valence-electron chi connectivity index (χ1n) is 6.93. The molecule has 2 aliphatic carbocycles. The fourth-order valence-electron chi connectivity index (χ4n) is 3.81. The fraction of sp³-hybridized carbons (Fsp3) is 0.529. The van der Waals surface area contributed by atoms with E-state index in [4.69, 9.17) is 10.7 Å². The second kappa shape index (κ2) is 4.05. The second-order valence-electron chi connectivity index (χ2n) is 7.31. The summed E-state index contributed by atoms with van der Waals surface area (Å²) in [6.45, 7) is 6.97. The van der Waals surface area contributed by atoms with E-state index < -0.39 is 9.24 Å². The van der Waals surface area contributed by atoms with Crippen molar-refractivity contribution in [3.05, 3.63) is 40.0 Å². The van der Waals surface area contributed by atoms with Crippen LogP contribution < -0.4 is 0 Å². The van der Waals surface area contributed by atoms with E-state index in [1.54, 1.807) is 11.1 Å². The third-order valence-corrected chi connectivity index (χ3v) is 6.66. The summed E-state index contributed by atoms with van der Waals surface area (Å²) in [7, 11) is 5.60. The van der Waals surface area contributed by atoms with Gasteiger partial charge in [0.15, 0.2) is 0 Å². The van der Waals surface area contributed by atoms with Crippen molar-refractivity contribution in [1.29, 1.82) is 0 Å². The summed E-state index contributed by atoms with van der Waals surface area (Å²) < 4.78 is 0. The molecule has 0 aliphatic heterocycles. The third kappa shape index (κ3) is 2.25. The van der Waals surface area contributed by atoms with E-state index in [-0.39, 0.29) is 0 Å². The largest absolute Gasteiger partial charge is 0.158 e. The van der Waals surface area contributed by atoms with E-state index in [1.807, 2.05) is 0 Å². The Labute approximate surface area is 123 Å². The predicted molar refractivity (Wildman–Crippen MR) is 89.3 cm³/mol. The lowest BCUT2D eigenvalue weighted by Gasteiger charge is -2.32. The Morgan fingerprint density at radius 1 is 1.16 bits per heavy atom. The summed E-state index contributed by atoms with van der Waals surface area (Å²) in [5.74, 6) is 0. The van der Waals surface area contributed by atoms with Crippen LogP contribution >= 0.6 is 19.9 Å². The van der Waals surface area contributed by atoms with Gasteiger partial charge in [-0.15, -0.1) is 0 Å². The predicted octanol–water partition coefficient (Wildman–Crippen LogP) is 5.49. The molecule has 1 atom stereocenters. The summed E-state index contributed by atoms with van der Waals surface area (Å²) >= 11 is 0. The maximum Gasteiger partial charge on any atom is 0.0474 e. The van der Waals surface area contributed by atoms with Crippen molar-refractivity contribution in [1.82, 2.24) is 0 Å². The van der Waals surface area contributed by atoms with E-state index in [2.05, 4.69) is 51.5 Å². The molecule has 19 heavy (non-hydrogen) atoms. The van der Waals surface area contributed by atoms with Gasteiger partial charge in [0.1, 0.15) is 0 Å². The van der Waals surface area contributed by atoms with Crippen molar-refractivity contribution in [2.45, 2.75) is 38.9 Å². The monoisotopic (exact) mass is 294 g/mol. The fourth-order valence-corrected chi connectivity index (χ4v) is 6.28. The summed E-state index contributed by atoms with van der Waals surface area (Å²) in [6.07, 6.45) is 9.19. The van der Waals surface area contributed by atoms with Crippen LogP contribution in [0.25, 0.3) is 6.08 Å². The first-order chi connectivity index (χ1) is 8.67. The highest BCUT2D eigenvalue weighted by atomic mass is 35.7. The number of fused-ring (bicyclic) bond motifs is 2. The van der Waals surface area contributed by atoms with Crippen LogP contribution in [0.4, 0.5) is 0 Å². The Morgan fingerprint density at radius 3 is 2.32 bits per heavy atom. The molecule has 0 bridgehead atoms. The molecule has 1 aromatic carbocycles. The van der Waals surface area contributed by atoms with Crippen LogP contribution in [-0.4, -0.2) is 12.5 Å². The maximum absolute atomic E-state index is 6.71. The molecular weight excluding hydrogens is 272 g/mol. The Bertz CT molecular complexity index is 576. The van der Waals surface area contributed by atoms with Gasteiger partial charge in [-0.3, -0.25) is 0 Å². The standard InChI is InChI=1S/C17H23ClS/c1-11-6-12-7-13-9-17(2,3)10-14(13)8-15(12)16(11)19(4,5)18/h6-8,16H,9-10H2,1-5H3. The highest BCUT2D eigenvalue weighted by molar-refractivity contribution is 8.50. The van der Waals surface area contributed by atoms with E-state index in [1.165, 1.54) is 29.5 Å². The Balaban J connectivity index is 2.10. The minimum atomic E-state index is -1.11. The van der Waals surface area contributed by atoms with Crippen molar-refractivity contribution < 1.29 is 0 Å². The third-order valence-electron chi connectivity index (χ3n) is 4.38. The van der Waals surface area contributed by atoms with E-state index in [0.29, 0.717) is 10.7 Å². The molecule has 0 N–H and O–H groups in total. The van der Waals surface area contributed by atoms with Crippen LogP contribution in [0.3, 0.4) is 0 Å². The zero-order valence-corrected chi connectivity index (χ0v) is 14.1. The molecule has 1 aromatic rings. The van der Waals surface area contributed by atoms with E-state index in [9.17, 15) is 0 Å². The number of halogens is 1. The van der Waals surface area contributed by atoms with Crippen LogP contribution in [0, 0.1) is 5.41 Å². The average Bonchev–Trinajstić information content (AvgIpc) is 2.65. The molecule has 0 amide bonds. The van der Waals surface area contributed by atoms with Crippen molar-refractivity contribution in [3.8, 4) is 0 Å². The lowest BCUT2D eigenvalue weighted by atomic mass is 9.90. The number of rotatable bonds is 1. The molecule has 0 spiro atoms. The van der Waals surface area contributed by atoms with Crippen LogP contribution in [0.15, 0.2) is 17.7 Å². The van der Waals surface area contributed by atoms with E-state index >= 15 is 0 Å². The highest BCUT2D eigenvalue weighted by Crippen LogP contribution is 2.64. The molecule has 0 heterocycles. The van der Waals surface area contributed by atoms with Gasteiger partial charge in [0, 0.05) is 5.25 Å². The van der Waals surface area contributed by atoms with Gasteiger partial charge < -0.3 is 0 Å². The quantitative estimate of drug-likeness (QED) is 0.643. The molecule has 0 aromatic heterocycles. The molecule has 104 valence electrons. The van der Waals surface area contributed by atoms with Crippen LogP contribution in [0.1, 0.15) is 48.3 Å². The SMILES string of the molecule is CC1=Cc2cc3c(cc2C1S(C)(C)Cl)CC(C)(C)C3. The van der Waals surface area contributed by atoms with Gasteiger partial charge in [-0.1, -0.05) is 48.3 Å². The molecule has 0 saturated carbocycles. The smallest absolute Gasteiger partial charge is 0.0474 e. The molecule has 0 saturated heterocycles. The van der Waals surface area contributed by atoms with Gasteiger partial charge in [-0.2, -0.15) is 9.24 Å². The van der Waals surface area contributed by atoms with Gasteiger partial charge in [0.2, 0.25) is 0 Å². The van der Waals surface area contributed by atoms with Crippen molar-refractivity contribution in [2.75, 3.05) is 12.5 Å². The van der Waals surface area contributed by atoms with Crippen molar-refractivity contribution in [3.63, 3.8) is 0 Å². The molecule has 3 rings (SSSR count). The maximum atomic E-state index is 6.71. The van der Waals surface area contributed by atoms with Crippen LogP contribution in [0.2, 0.25) is 0 Å². The minimum Gasteiger partial charge on any atom is -0.158 e. The van der Waals surface area contributed by atoms with Crippen molar-refractivity contribution >= 4 is 26.0 Å². The Hall–Kier alpha value is -0.400. The second-order valence-corrected chi connectivity index (χ2v) is 12.7. The van der Waals surface area contributed by atoms with Gasteiger partial charge in [0.05, 0.1) is 0 Å². The molecule has 2 heteroatoms. The number of benzene rings is 1. The van der Waals surface area contributed by atoms with Crippen LogP contribution in [0.5, 0.6) is 0 Å².